The number of thioether (sulfide) groups is 1. The van der Waals surface area contributed by atoms with Gasteiger partial charge in [-0.15, -0.1) is 11.8 Å². The van der Waals surface area contributed by atoms with E-state index in [1.807, 2.05) is 30.3 Å². The molecule has 1 heterocycles. The number of nitrogens with one attached hydrogen (secondary N) is 1. The summed E-state index contributed by atoms with van der Waals surface area (Å²) in [4.78, 5) is 14.6. The van der Waals surface area contributed by atoms with Crippen molar-refractivity contribution in [2.24, 2.45) is 0 Å². The van der Waals surface area contributed by atoms with E-state index in [0.29, 0.717) is 0 Å². The monoisotopic (exact) mass is 391 g/mol. The highest BCUT2D eigenvalue weighted by molar-refractivity contribution is 8.00. The van der Waals surface area contributed by atoms with Crippen molar-refractivity contribution >= 4 is 39.7 Å². The molecule has 2 aliphatic rings. The van der Waals surface area contributed by atoms with E-state index in [-0.39, 0.29) is 11.0 Å². The van der Waals surface area contributed by atoms with E-state index in [4.69, 9.17) is 0 Å². The Bertz CT molecular complexity index is 1340. The summed E-state index contributed by atoms with van der Waals surface area (Å²) in [5.74, 6) is 0.126. The molecule has 2 nitrogen and oxygen atoms in total. The van der Waals surface area contributed by atoms with Gasteiger partial charge in [-0.25, -0.2) is 0 Å². The zero-order valence-corrected chi connectivity index (χ0v) is 16.4. The number of rotatable bonds is 1. The molecule has 0 fully saturated rings. The molecular formula is C26H17NOS. The average Bonchev–Trinajstić information content (AvgIpc) is 2.94. The maximum Gasteiger partial charge on any atom is 0.193 e. The fourth-order valence-corrected chi connectivity index (χ4v) is 5.57. The SMILES string of the molecule is O=C1C2=C(Nc3ccccc3S[C@@H]2c2ccc3ccccc3c2)c2ccccc21. The number of para-hydroxylation sites is 1. The molecule has 6 rings (SSSR count). The average molecular weight is 391 g/mol. The number of carbonyl (C=O) groups is 1. The molecule has 0 bridgehead atoms. The molecular weight excluding hydrogens is 374 g/mol. The second kappa shape index (κ2) is 6.36. The van der Waals surface area contributed by atoms with E-state index in [1.54, 1.807) is 11.8 Å². The number of Topliss-reactive ketones (excluding diaryl/α,β-unsaturated/α-hetero) is 1. The largest absolute Gasteiger partial charge is 0.354 e. The summed E-state index contributed by atoms with van der Waals surface area (Å²) in [5, 5.41) is 5.93. The van der Waals surface area contributed by atoms with Crippen LogP contribution in [0.3, 0.4) is 0 Å². The maximum absolute atomic E-state index is 13.5. The molecule has 3 heteroatoms. The molecule has 0 aromatic heterocycles. The molecule has 0 amide bonds. The van der Waals surface area contributed by atoms with Gasteiger partial charge in [0.05, 0.1) is 16.6 Å². The van der Waals surface area contributed by atoms with Crippen LogP contribution in [0.25, 0.3) is 16.5 Å². The summed E-state index contributed by atoms with van der Waals surface area (Å²) in [5.41, 5.74) is 5.79. The highest BCUT2D eigenvalue weighted by Crippen LogP contribution is 2.52. The van der Waals surface area contributed by atoms with Gasteiger partial charge in [-0.1, -0.05) is 72.8 Å². The number of benzene rings is 4. The number of carbonyl (C=O) groups excluding carboxylic acids is 1. The molecule has 4 aromatic rings. The van der Waals surface area contributed by atoms with Crippen LogP contribution >= 0.6 is 11.8 Å². The molecule has 29 heavy (non-hydrogen) atoms. The highest BCUT2D eigenvalue weighted by atomic mass is 32.2. The van der Waals surface area contributed by atoms with Crippen LogP contribution in [0.2, 0.25) is 0 Å². The molecule has 1 aliphatic heterocycles. The van der Waals surface area contributed by atoms with Crippen molar-refractivity contribution in [1.82, 2.24) is 0 Å². The van der Waals surface area contributed by atoms with Crippen molar-refractivity contribution in [3.05, 3.63) is 113 Å². The first-order valence-corrected chi connectivity index (χ1v) is 10.6. The van der Waals surface area contributed by atoms with Gasteiger partial charge >= 0.3 is 0 Å². The Balaban J connectivity index is 1.60. The molecule has 4 aromatic carbocycles. The van der Waals surface area contributed by atoms with Crippen molar-refractivity contribution in [3.8, 4) is 0 Å². The summed E-state index contributed by atoms with van der Waals surface area (Å²) in [6.07, 6.45) is 0. The first-order valence-electron chi connectivity index (χ1n) is 9.69. The first-order chi connectivity index (χ1) is 14.3. The van der Waals surface area contributed by atoms with Gasteiger partial charge in [0.25, 0.3) is 0 Å². The zero-order valence-electron chi connectivity index (χ0n) is 15.6. The van der Waals surface area contributed by atoms with Gasteiger partial charge in [0.15, 0.2) is 5.78 Å². The Morgan fingerprint density at radius 1 is 0.724 bits per heavy atom. The first kappa shape index (κ1) is 16.6. The van der Waals surface area contributed by atoms with Gasteiger partial charge in [-0.3, -0.25) is 4.79 Å². The third-order valence-corrected chi connectivity index (χ3v) is 7.04. The molecule has 0 radical (unpaired) electrons. The van der Waals surface area contributed by atoms with Crippen molar-refractivity contribution in [1.29, 1.82) is 0 Å². The van der Waals surface area contributed by atoms with Gasteiger partial charge in [0.2, 0.25) is 0 Å². The third-order valence-electron chi connectivity index (χ3n) is 5.68. The quantitative estimate of drug-likeness (QED) is 0.391. The molecule has 0 unspecified atom stereocenters. The molecule has 0 spiro atoms. The van der Waals surface area contributed by atoms with E-state index in [0.717, 1.165) is 38.5 Å². The number of hydrogen-bond donors (Lipinski definition) is 1. The highest BCUT2D eigenvalue weighted by Gasteiger charge is 2.38. The number of anilines is 1. The predicted octanol–water partition coefficient (Wildman–Crippen LogP) is 6.71. The van der Waals surface area contributed by atoms with Gasteiger partial charge < -0.3 is 5.32 Å². The van der Waals surface area contributed by atoms with Crippen molar-refractivity contribution in [2.75, 3.05) is 5.32 Å². The van der Waals surface area contributed by atoms with Crippen LogP contribution in [-0.2, 0) is 0 Å². The van der Waals surface area contributed by atoms with Crippen LogP contribution in [0.15, 0.2) is 101 Å². The summed E-state index contributed by atoms with van der Waals surface area (Å²) >= 11 is 1.75. The standard InChI is InChI=1S/C26H17NOS/c28-25-20-10-4-3-9-19(20)24-23(25)26(29-22-12-6-5-11-21(22)27-24)18-14-13-16-7-1-2-8-17(16)15-18/h1-15,26-27H/t26-/m1/s1. The fraction of sp³-hybridized carbons (Fsp3) is 0.0385. The van der Waals surface area contributed by atoms with Gasteiger partial charge in [0, 0.05) is 21.6 Å². The zero-order chi connectivity index (χ0) is 19.4. The minimum Gasteiger partial charge on any atom is -0.354 e. The lowest BCUT2D eigenvalue weighted by Gasteiger charge is -2.18. The number of ketones is 1. The molecule has 1 aliphatic carbocycles. The Morgan fingerprint density at radius 3 is 2.34 bits per heavy atom. The summed E-state index contributed by atoms with van der Waals surface area (Å²) in [6.45, 7) is 0. The molecule has 1 atom stereocenters. The number of fused-ring (bicyclic) bond motifs is 4. The number of hydrogen-bond acceptors (Lipinski definition) is 3. The molecule has 0 saturated heterocycles. The van der Waals surface area contributed by atoms with Crippen LogP contribution in [0.1, 0.15) is 26.7 Å². The lowest BCUT2D eigenvalue weighted by atomic mass is 9.98. The van der Waals surface area contributed by atoms with E-state index in [1.165, 1.54) is 10.8 Å². The fourth-order valence-electron chi connectivity index (χ4n) is 4.29. The smallest absolute Gasteiger partial charge is 0.193 e. The Kier molecular flexibility index (Phi) is 3.65. The van der Waals surface area contributed by atoms with E-state index in [9.17, 15) is 4.79 Å². The topological polar surface area (TPSA) is 29.1 Å². The van der Waals surface area contributed by atoms with E-state index in [2.05, 4.69) is 66.0 Å². The van der Waals surface area contributed by atoms with Gasteiger partial charge in [0.1, 0.15) is 0 Å². The van der Waals surface area contributed by atoms with Crippen LogP contribution in [0, 0.1) is 0 Å². The van der Waals surface area contributed by atoms with Gasteiger partial charge in [-0.2, -0.15) is 0 Å². The summed E-state index contributed by atoms with van der Waals surface area (Å²) in [6, 6.07) is 31.1. The van der Waals surface area contributed by atoms with Crippen LogP contribution in [0.4, 0.5) is 5.69 Å². The summed E-state index contributed by atoms with van der Waals surface area (Å²) < 4.78 is 0. The van der Waals surface area contributed by atoms with Crippen molar-refractivity contribution in [2.45, 2.75) is 10.1 Å². The Labute approximate surface area is 173 Å². The molecule has 138 valence electrons. The van der Waals surface area contributed by atoms with Crippen LogP contribution < -0.4 is 5.32 Å². The lowest BCUT2D eigenvalue weighted by Crippen LogP contribution is -2.07. The van der Waals surface area contributed by atoms with Crippen LogP contribution in [-0.4, -0.2) is 5.78 Å². The normalized spacial score (nSPS) is 17.4. The predicted molar refractivity (Wildman–Crippen MR) is 120 cm³/mol. The molecule has 0 saturated carbocycles. The third kappa shape index (κ3) is 2.55. The van der Waals surface area contributed by atoms with Crippen LogP contribution in [0.5, 0.6) is 0 Å². The van der Waals surface area contributed by atoms with E-state index >= 15 is 0 Å². The lowest BCUT2D eigenvalue weighted by molar-refractivity contribution is 0.103. The Morgan fingerprint density at radius 2 is 1.45 bits per heavy atom. The second-order valence-corrected chi connectivity index (χ2v) is 8.54. The molecule has 1 N–H and O–H groups in total. The van der Waals surface area contributed by atoms with Crippen molar-refractivity contribution in [3.63, 3.8) is 0 Å². The summed E-state index contributed by atoms with van der Waals surface area (Å²) in [7, 11) is 0. The maximum atomic E-state index is 13.5. The minimum atomic E-state index is -0.0642. The Hall–Kier alpha value is -3.30. The van der Waals surface area contributed by atoms with E-state index < -0.39 is 0 Å². The van der Waals surface area contributed by atoms with Crippen molar-refractivity contribution < 1.29 is 4.79 Å². The van der Waals surface area contributed by atoms with Gasteiger partial charge in [-0.05, 0) is 34.5 Å². The minimum absolute atomic E-state index is 0.0642. The second-order valence-electron chi connectivity index (χ2n) is 7.39.